The van der Waals surface area contributed by atoms with E-state index in [2.05, 4.69) is 30.5 Å². The van der Waals surface area contributed by atoms with Crippen LogP contribution in [0.2, 0.25) is 0 Å². The highest BCUT2D eigenvalue weighted by atomic mass is 32.2. The lowest BCUT2D eigenvalue weighted by Gasteiger charge is -2.55. The van der Waals surface area contributed by atoms with Gasteiger partial charge in [-0.1, -0.05) is 13.8 Å². The fraction of sp³-hybridized carbons (Fsp3) is 1.00. The molecule has 0 bridgehead atoms. The van der Waals surface area contributed by atoms with Crippen LogP contribution in [0.4, 0.5) is 0 Å². The van der Waals surface area contributed by atoms with Gasteiger partial charge in [0.05, 0.1) is 0 Å². The van der Waals surface area contributed by atoms with Crippen molar-refractivity contribution in [1.82, 2.24) is 4.90 Å². The van der Waals surface area contributed by atoms with Crippen molar-refractivity contribution >= 4 is 11.8 Å². The fourth-order valence-corrected chi connectivity index (χ4v) is 4.05. The summed E-state index contributed by atoms with van der Waals surface area (Å²) in [4.78, 5) is 2.66. The van der Waals surface area contributed by atoms with Crippen LogP contribution in [0.25, 0.3) is 0 Å². The number of nitrogens with two attached hydrogens (primary N) is 1. The Bertz CT molecular complexity index is 201. The minimum atomic E-state index is 0.384. The minimum Gasteiger partial charge on any atom is -0.329 e. The summed E-state index contributed by atoms with van der Waals surface area (Å²) >= 11 is 2.10. The Morgan fingerprint density at radius 2 is 2.14 bits per heavy atom. The highest BCUT2D eigenvalue weighted by molar-refractivity contribution is 7.99. The van der Waals surface area contributed by atoms with E-state index in [1.807, 2.05) is 0 Å². The van der Waals surface area contributed by atoms with Gasteiger partial charge in [-0.05, 0) is 18.8 Å². The lowest BCUT2D eigenvalue weighted by molar-refractivity contribution is -0.00966. The summed E-state index contributed by atoms with van der Waals surface area (Å²) in [6, 6.07) is 0. The van der Waals surface area contributed by atoms with Gasteiger partial charge in [0, 0.05) is 36.2 Å². The summed E-state index contributed by atoms with van der Waals surface area (Å²) in [5, 5.41) is 0.795. The van der Waals surface area contributed by atoms with E-state index in [4.69, 9.17) is 5.73 Å². The molecule has 2 rings (SSSR count). The quantitative estimate of drug-likeness (QED) is 0.756. The lowest BCUT2D eigenvalue weighted by Crippen LogP contribution is -2.63. The third kappa shape index (κ3) is 1.82. The Labute approximate surface area is 91.6 Å². The molecular formula is C11H22N2S. The maximum absolute atomic E-state index is 5.96. The molecule has 1 atom stereocenters. The molecular weight excluding hydrogens is 192 g/mol. The molecule has 0 aromatic rings. The molecule has 1 heterocycles. The van der Waals surface area contributed by atoms with Gasteiger partial charge in [-0.25, -0.2) is 0 Å². The van der Waals surface area contributed by atoms with Crippen molar-refractivity contribution < 1.29 is 0 Å². The van der Waals surface area contributed by atoms with E-state index < -0.39 is 0 Å². The van der Waals surface area contributed by atoms with E-state index >= 15 is 0 Å². The second-order valence-corrected chi connectivity index (χ2v) is 6.62. The van der Waals surface area contributed by atoms with Gasteiger partial charge in [-0.2, -0.15) is 11.8 Å². The van der Waals surface area contributed by atoms with Crippen LogP contribution in [0, 0.1) is 5.92 Å². The van der Waals surface area contributed by atoms with E-state index in [1.54, 1.807) is 0 Å². The van der Waals surface area contributed by atoms with Gasteiger partial charge in [-0.15, -0.1) is 0 Å². The van der Waals surface area contributed by atoms with Gasteiger partial charge in [0.25, 0.3) is 0 Å². The SMILES string of the molecule is CC1CC(CN)(N2CCSC(C)C2)C1. The van der Waals surface area contributed by atoms with Gasteiger partial charge in [0.15, 0.2) is 0 Å². The van der Waals surface area contributed by atoms with Crippen molar-refractivity contribution in [2.75, 3.05) is 25.4 Å². The molecule has 2 nitrogen and oxygen atoms in total. The first kappa shape index (κ1) is 10.8. The molecule has 2 aliphatic rings. The Morgan fingerprint density at radius 1 is 1.43 bits per heavy atom. The zero-order valence-electron chi connectivity index (χ0n) is 9.33. The normalized spacial score (nSPS) is 44.8. The fourth-order valence-electron chi connectivity index (χ4n) is 3.04. The van der Waals surface area contributed by atoms with Crippen LogP contribution in [0.15, 0.2) is 0 Å². The van der Waals surface area contributed by atoms with Crippen molar-refractivity contribution in [2.45, 2.75) is 37.5 Å². The van der Waals surface area contributed by atoms with E-state index in [0.717, 1.165) is 17.7 Å². The highest BCUT2D eigenvalue weighted by Gasteiger charge is 2.46. The number of nitrogens with zero attached hydrogens (tertiary/aromatic N) is 1. The molecule has 3 heteroatoms. The first-order valence-electron chi connectivity index (χ1n) is 5.73. The Kier molecular flexibility index (Phi) is 3.10. The topological polar surface area (TPSA) is 29.3 Å². The standard InChI is InChI=1S/C11H22N2S/c1-9-5-11(6-9,8-12)13-3-4-14-10(2)7-13/h9-10H,3-8,12H2,1-2H3. The Morgan fingerprint density at radius 3 is 2.64 bits per heavy atom. The number of hydrogen-bond donors (Lipinski definition) is 1. The smallest absolute Gasteiger partial charge is 0.0337 e. The van der Waals surface area contributed by atoms with Gasteiger partial charge in [0.1, 0.15) is 0 Å². The van der Waals surface area contributed by atoms with Crippen molar-refractivity contribution in [3.63, 3.8) is 0 Å². The second kappa shape index (κ2) is 4.03. The van der Waals surface area contributed by atoms with E-state index in [1.165, 1.54) is 31.7 Å². The maximum Gasteiger partial charge on any atom is 0.0337 e. The first-order chi connectivity index (χ1) is 6.66. The molecule has 1 unspecified atom stereocenters. The van der Waals surface area contributed by atoms with E-state index in [0.29, 0.717) is 5.54 Å². The molecule has 1 saturated carbocycles. The predicted octanol–water partition coefficient (Wildman–Crippen LogP) is 1.55. The summed E-state index contributed by atoms with van der Waals surface area (Å²) < 4.78 is 0. The zero-order valence-corrected chi connectivity index (χ0v) is 10.1. The molecule has 2 fully saturated rings. The van der Waals surface area contributed by atoms with Gasteiger partial charge >= 0.3 is 0 Å². The van der Waals surface area contributed by atoms with E-state index in [9.17, 15) is 0 Å². The molecule has 0 spiro atoms. The van der Waals surface area contributed by atoms with Crippen molar-refractivity contribution in [3.05, 3.63) is 0 Å². The number of thioether (sulfide) groups is 1. The van der Waals surface area contributed by atoms with Crippen molar-refractivity contribution in [3.8, 4) is 0 Å². The monoisotopic (exact) mass is 214 g/mol. The number of hydrogen-bond acceptors (Lipinski definition) is 3. The van der Waals surface area contributed by atoms with Crippen LogP contribution in [0.5, 0.6) is 0 Å². The molecule has 2 N–H and O–H groups in total. The maximum atomic E-state index is 5.96. The molecule has 82 valence electrons. The Hall–Kier alpha value is 0.270. The van der Waals surface area contributed by atoms with Crippen LogP contribution < -0.4 is 5.73 Å². The third-order valence-electron chi connectivity index (χ3n) is 3.75. The largest absolute Gasteiger partial charge is 0.329 e. The Balaban J connectivity index is 1.98. The molecule has 0 aromatic heterocycles. The predicted molar refractivity (Wildman–Crippen MR) is 63.7 cm³/mol. The summed E-state index contributed by atoms with van der Waals surface area (Å²) in [5.41, 5.74) is 6.34. The molecule has 0 aromatic carbocycles. The summed E-state index contributed by atoms with van der Waals surface area (Å²) in [5.74, 6) is 2.18. The van der Waals surface area contributed by atoms with Gasteiger partial charge in [0.2, 0.25) is 0 Å². The third-order valence-corrected chi connectivity index (χ3v) is 4.89. The molecule has 14 heavy (non-hydrogen) atoms. The minimum absolute atomic E-state index is 0.384. The molecule has 0 amide bonds. The first-order valence-corrected chi connectivity index (χ1v) is 6.78. The molecule has 1 aliphatic carbocycles. The van der Waals surface area contributed by atoms with Gasteiger partial charge in [-0.3, -0.25) is 4.90 Å². The van der Waals surface area contributed by atoms with Crippen molar-refractivity contribution in [1.29, 1.82) is 0 Å². The van der Waals surface area contributed by atoms with Crippen molar-refractivity contribution in [2.24, 2.45) is 11.7 Å². The van der Waals surface area contributed by atoms with Gasteiger partial charge < -0.3 is 5.73 Å². The van der Waals surface area contributed by atoms with Crippen LogP contribution in [-0.4, -0.2) is 41.1 Å². The van der Waals surface area contributed by atoms with Crippen LogP contribution >= 0.6 is 11.8 Å². The molecule has 0 radical (unpaired) electrons. The lowest BCUT2D eigenvalue weighted by atomic mass is 9.68. The highest BCUT2D eigenvalue weighted by Crippen LogP contribution is 2.43. The average molecular weight is 214 g/mol. The molecule has 1 aliphatic heterocycles. The summed E-state index contributed by atoms with van der Waals surface area (Å²) in [6.45, 7) is 8.03. The van der Waals surface area contributed by atoms with Crippen LogP contribution in [0.3, 0.4) is 0 Å². The second-order valence-electron chi connectivity index (χ2n) is 5.07. The number of rotatable bonds is 2. The van der Waals surface area contributed by atoms with Crippen LogP contribution in [-0.2, 0) is 0 Å². The summed E-state index contributed by atoms with van der Waals surface area (Å²) in [6.07, 6.45) is 2.64. The average Bonchev–Trinajstić information content (AvgIpc) is 2.12. The summed E-state index contributed by atoms with van der Waals surface area (Å²) in [7, 11) is 0. The van der Waals surface area contributed by atoms with Crippen LogP contribution in [0.1, 0.15) is 26.7 Å². The zero-order chi connectivity index (χ0) is 10.2. The molecule has 1 saturated heterocycles. The van der Waals surface area contributed by atoms with E-state index in [-0.39, 0.29) is 0 Å².